The van der Waals surface area contributed by atoms with Crippen LogP contribution in [0.5, 0.6) is 0 Å². The maximum atomic E-state index is 6.98. The Bertz CT molecular complexity index is 230. The van der Waals surface area contributed by atoms with E-state index in [1.54, 1.807) is 6.20 Å². The quantitative estimate of drug-likeness (QED) is 0.537. The molecule has 1 rings (SSSR count). The molecule has 0 aliphatic rings. The highest BCUT2D eigenvalue weighted by Gasteiger charge is 1.91. The Kier molecular flexibility index (Phi) is 1.74. The van der Waals surface area contributed by atoms with Crippen LogP contribution >= 0.6 is 38.5 Å². The molecule has 1 aromatic rings. The molecule has 0 amide bonds. The van der Waals surface area contributed by atoms with Crippen LogP contribution in [0.1, 0.15) is 1.37 Å². The number of halogens is 2. The third-order valence-electron chi connectivity index (χ3n) is 0.581. The van der Waals surface area contributed by atoms with Crippen LogP contribution in [0.25, 0.3) is 0 Å². The summed E-state index contributed by atoms with van der Waals surface area (Å²) >= 11 is 5.25. The lowest BCUT2D eigenvalue weighted by Gasteiger charge is -1.87. The first-order chi connectivity index (χ1) is 4.20. The van der Waals surface area contributed by atoms with Crippen molar-refractivity contribution < 1.29 is 1.37 Å². The van der Waals surface area contributed by atoms with Crippen molar-refractivity contribution in [2.24, 2.45) is 0 Å². The summed E-state index contributed by atoms with van der Waals surface area (Å²) in [7, 11) is 0. The molecule has 8 heavy (non-hydrogen) atoms. The Morgan fingerprint density at radius 1 is 1.88 bits per heavy atom. The predicted octanol–water partition coefficient (Wildman–Crippen LogP) is 1.84. The zero-order chi connectivity index (χ0) is 6.85. The first kappa shape index (κ1) is 5.10. The molecule has 0 atom stereocenters. The van der Waals surface area contributed by atoms with Gasteiger partial charge in [0.1, 0.15) is 11.4 Å². The van der Waals surface area contributed by atoms with Crippen molar-refractivity contribution in [1.29, 1.82) is 0 Å². The van der Waals surface area contributed by atoms with Crippen molar-refractivity contribution in [3.8, 4) is 0 Å². The predicted molar refractivity (Wildman–Crippen MR) is 42.4 cm³/mol. The first-order valence-corrected chi connectivity index (χ1v) is 3.72. The van der Waals surface area contributed by atoms with E-state index in [4.69, 9.17) is 1.37 Å². The summed E-state index contributed by atoms with van der Waals surface area (Å²) in [6, 6.07) is 0. The average molecular weight is 286 g/mol. The third kappa shape index (κ3) is 1.38. The van der Waals surface area contributed by atoms with Gasteiger partial charge in [0, 0.05) is 6.20 Å². The summed E-state index contributed by atoms with van der Waals surface area (Å²) in [6.45, 7) is 0. The molecule has 1 heterocycles. The maximum absolute atomic E-state index is 6.98. The highest BCUT2D eigenvalue weighted by atomic mass is 127. The van der Waals surface area contributed by atoms with Crippen molar-refractivity contribution in [3.05, 3.63) is 20.7 Å². The molecule has 0 N–H and O–H groups in total. The standard InChI is InChI=1S/C4H2BrIN2/c5-3-1-7-2-8-4(3)6/h1-2H/i2D. The lowest BCUT2D eigenvalue weighted by atomic mass is 10.7. The van der Waals surface area contributed by atoms with E-state index in [1.165, 1.54) is 0 Å². The van der Waals surface area contributed by atoms with Crippen LogP contribution in [0.4, 0.5) is 0 Å². The van der Waals surface area contributed by atoms with Gasteiger partial charge in [-0.15, -0.1) is 0 Å². The van der Waals surface area contributed by atoms with E-state index in [9.17, 15) is 0 Å². The minimum absolute atomic E-state index is 0.0580. The molecule has 0 saturated carbocycles. The summed E-state index contributed by atoms with van der Waals surface area (Å²) < 4.78 is 8.59. The van der Waals surface area contributed by atoms with Gasteiger partial charge in [0.25, 0.3) is 0 Å². The van der Waals surface area contributed by atoms with Gasteiger partial charge in [-0.05, 0) is 38.5 Å². The average Bonchev–Trinajstić information content (AvgIpc) is 1.80. The van der Waals surface area contributed by atoms with E-state index >= 15 is 0 Å². The summed E-state index contributed by atoms with van der Waals surface area (Å²) in [6.07, 6.45) is 1.62. The maximum Gasteiger partial charge on any atom is 0.118 e. The number of aromatic nitrogens is 2. The molecule has 0 spiro atoms. The minimum atomic E-state index is 0.0580. The first-order valence-electron chi connectivity index (χ1n) is 2.35. The summed E-state index contributed by atoms with van der Waals surface area (Å²) in [4.78, 5) is 7.41. The van der Waals surface area contributed by atoms with Gasteiger partial charge in [0.2, 0.25) is 0 Å². The topological polar surface area (TPSA) is 25.8 Å². The smallest absolute Gasteiger partial charge is 0.118 e. The number of rotatable bonds is 0. The van der Waals surface area contributed by atoms with Crippen LogP contribution in [0, 0.1) is 3.70 Å². The molecule has 0 bridgehead atoms. The zero-order valence-corrected chi connectivity index (χ0v) is 7.47. The molecule has 4 heteroatoms. The van der Waals surface area contributed by atoms with E-state index in [1.807, 2.05) is 22.6 Å². The summed E-state index contributed by atoms with van der Waals surface area (Å²) in [5, 5.41) is 0. The van der Waals surface area contributed by atoms with E-state index in [2.05, 4.69) is 25.9 Å². The van der Waals surface area contributed by atoms with Gasteiger partial charge in [0.05, 0.1) is 4.47 Å². The molecule has 1 aromatic heterocycles. The Hall–Kier alpha value is 0.290. The van der Waals surface area contributed by atoms with Crippen LogP contribution in [-0.2, 0) is 0 Å². The normalized spacial score (nSPS) is 11.0. The van der Waals surface area contributed by atoms with Crippen molar-refractivity contribution in [2.75, 3.05) is 0 Å². The van der Waals surface area contributed by atoms with Crippen LogP contribution < -0.4 is 0 Å². The third-order valence-corrected chi connectivity index (χ3v) is 2.72. The van der Waals surface area contributed by atoms with Crippen LogP contribution in [0.15, 0.2) is 17.0 Å². The molecule has 0 aliphatic heterocycles. The van der Waals surface area contributed by atoms with Crippen molar-refractivity contribution >= 4 is 38.5 Å². The number of hydrogen-bond acceptors (Lipinski definition) is 2. The Morgan fingerprint density at radius 2 is 2.62 bits per heavy atom. The van der Waals surface area contributed by atoms with Crippen molar-refractivity contribution in [3.63, 3.8) is 0 Å². The molecule has 0 aliphatic carbocycles. The van der Waals surface area contributed by atoms with Crippen LogP contribution in [0.3, 0.4) is 0 Å². The second kappa shape index (κ2) is 2.72. The number of nitrogens with zero attached hydrogens (tertiary/aromatic N) is 2. The van der Waals surface area contributed by atoms with E-state index in [0.717, 1.165) is 8.17 Å². The van der Waals surface area contributed by atoms with Gasteiger partial charge >= 0.3 is 0 Å². The van der Waals surface area contributed by atoms with Gasteiger partial charge in [-0.25, -0.2) is 9.97 Å². The Balaban J connectivity index is 3.17. The lowest BCUT2D eigenvalue weighted by molar-refractivity contribution is 1.12. The fourth-order valence-electron chi connectivity index (χ4n) is 0.265. The highest BCUT2D eigenvalue weighted by Crippen LogP contribution is 2.12. The molecule has 0 unspecified atom stereocenters. The van der Waals surface area contributed by atoms with Gasteiger partial charge in [-0.1, -0.05) is 0 Å². The molecular weight excluding hydrogens is 283 g/mol. The molecule has 0 fully saturated rings. The zero-order valence-electron chi connectivity index (χ0n) is 4.73. The van der Waals surface area contributed by atoms with E-state index < -0.39 is 0 Å². The van der Waals surface area contributed by atoms with Gasteiger partial charge < -0.3 is 0 Å². The highest BCUT2D eigenvalue weighted by molar-refractivity contribution is 14.1. The lowest BCUT2D eigenvalue weighted by Crippen LogP contribution is -1.81. The van der Waals surface area contributed by atoms with Crippen molar-refractivity contribution in [1.82, 2.24) is 9.97 Å². The molecule has 0 aromatic carbocycles. The second-order valence-electron chi connectivity index (χ2n) is 1.11. The molecule has 42 valence electrons. The largest absolute Gasteiger partial charge is 0.244 e. The van der Waals surface area contributed by atoms with Gasteiger partial charge in [-0.3, -0.25) is 0 Å². The SMILES string of the molecule is [2H]c1ncc(Br)c(I)n1. The summed E-state index contributed by atoms with van der Waals surface area (Å²) in [5.41, 5.74) is 0. The number of hydrogen-bond donors (Lipinski definition) is 0. The molecule has 0 saturated heterocycles. The molecule has 2 nitrogen and oxygen atoms in total. The van der Waals surface area contributed by atoms with E-state index in [-0.39, 0.29) is 6.30 Å². The van der Waals surface area contributed by atoms with Crippen LogP contribution in [0.2, 0.25) is 0 Å². The van der Waals surface area contributed by atoms with Gasteiger partial charge in [0.15, 0.2) is 0 Å². The minimum Gasteiger partial charge on any atom is -0.244 e. The van der Waals surface area contributed by atoms with Crippen molar-refractivity contribution in [2.45, 2.75) is 0 Å². The fraction of sp³-hybridized carbons (Fsp3) is 0. The van der Waals surface area contributed by atoms with Crippen LogP contribution in [-0.4, -0.2) is 9.97 Å². The monoisotopic (exact) mass is 285 g/mol. The van der Waals surface area contributed by atoms with Gasteiger partial charge in [-0.2, -0.15) is 0 Å². The second-order valence-corrected chi connectivity index (χ2v) is 2.98. The fourth-order valence-corrected chi connectivity index (χ4v) is 0.703. The summed E-state index contributed by atoms with van der Waals surface area (Å²) in [5.74, 6) is 0. The Labute approximate surface area is 70.4 Å². The molecule has 0 radical (unpaired) electrons. The Morgan fingerprint density at radius 3 is 3.12 bits per heavy atom. The van der Waals surface area contributed by atoms with E-state index in [0.29, 0.717) is 0 Å². The molecular formula is C4H2BrIN2.